The maximum atomic E-state index is 13.8. The van der Waals surface area contributed by atoms with Crippen LogP contribution in [0.4, 0.5) is 4.39 Å². The van der Waals surface area contributed by atoms with Gasteiger partial charge in [0.25, 0.3) is 0 Å². The van der Waals surface area contributed by atoms with Gasteiger partial charge in [0.15, 0.2) is 0 Å². The van der Waals surface area contributed by atoms with Gasteiger partial charge in [-0.2, -0.15) is 9.49 Å². The van der Waals surface area contributed by atoms with E-state index >= 15 is 0 Å². The smallest absolute Gasteiger partial charge is 0.313 e. The largest absolute Gasteiger partial charge is 0.466 e. The zero-order valence-electron chi connectivity index (χ0n) is 10.3. The molecular formula is C11H16FN3O3. The van der Waals surface area contributed by atoms with Crippen LogP contribution in [0.3, 0.4) is 0 Å². The third-order valence-electron chi connectivity index (χ3n) is 3.17. The molecule has 100 valence electrons. The van der Waals surface area contributed by atoms with Crippen molar-refractivity contribution in [2.45, 2.75) is 19.1 Å². The van der Waals surface area contributed by atoms with Crippen molar-refractivity contribution in [2.24, 2.45) is 13.0 Å². The second kappa shape index (κ2) is 5.03. The highest BCUT2D eigenvalue weighted by atomic mass is 19.1. The molecule has 0 radical (unpaired) electrons. The molecule has 0 amide bonds. The molecule has 3 atom stereocenters. The molecular weight excluding hydrogens is 241 g/mol. The van der Waals surface area contributed by atoms with Crippen molar-refractivity contribution in [1.29, 1.82) is 0 Å². The highest BCUT2D eigenvalue weighted by molar-refractivity contribution is 5.75. The number of hydrogen-bond donors (Lipinski definition) is 2. The van der Waals surface area contributed by atoms with Gasteiger partial charge in [0.05, 0.1) is 12.8 Å². The second-order valence-electron chi connectivity index (χ2n) is 4.25. The molecule has 0 saturated carbocycles. The summed E-state index contributed by atoms with van der Waals surface area (Å²) in [6, 6.07) is 0. The fourth-order valence-electron chi connectivity index (χ4n) is 2.25. The predicted molar refractivity (Wildman–Crippen MR) is 60.0 cm³/mol. The van der Waals surface area contributed by atoms with Gasteiger partial charge in [-0.25, -0.2) is 4.68 Å². The third-order valence-corrected chi connectivity index (χ3v) is 3.17. The fraction of sp³-hybridized carbons (Fsp3) is 0.636. The molecule has 2 unspecified atom stereocenters. The SMILES string of the molecule is CCOC(=O)[C@H]1C(O)NCC1c1cnn(C)c1F. The van der Waals surface area contributed by atoms with Crippen LogP contribution in [0.1, 0.15) is 18.4 Å². The van der Waals surface area contributed by atoms with E-state index in [4.69, 9.17) is 4.74 Å². The first-order chi connectivity index (χ1) is 8.56. The molecule has 0 spiro atoms. The number of aliphatic hydroxyl groups excluding tert-OH is 1. The molecule has 0 bridgehead atoms. The molecule has 18 heavy (non-hydrogen) atoms. The lowest BCUT2D eigenvalue weighted by Crippen LogP contribution is -2.33. The number of ether oxygens (including phenoxy) is 1. The summed E-state index contributed by atoms with van der Waals surface area (Å²) < 4.78 is 19.8. The van der Waals surface area contributed by atoms with E-state index in [9.17, 15) is 14.3 Å². The first kappa shape index (κ1) is 13.0. The number of aliphatic hydroxyl groups is 1. The minimum atomic E-state index is -1.02. The first-order valence-electron chi connectivity index (χ1n) is 5.81. The molecule has 1 fully saturated rings. The van der Waals surface area contributed by atoms with Crippen molar-refractivity contribution in [3.63, 3.8) is 0 Å². The van der Waals surface area contributed by atoms with Crippen LogP contribution >= 0.6 is 0 Å². The van der Waals surface area contributed by atoms with Crippen molar-refractivity contribution in [3.8, 4) is 0 Å². The topological polar surface area (TPSA) is 76.4 Å². The number of halogens is 1. The average Bonchev–Trinajstić information content (AvgIpc) is 2.85. The van der Waals surface area contributed by atoms with E-state index in [1.807, 2.05) is 0 Å². The molecule has 1 aromatic heterocycles. The lowest BCUT2D eigenvalue weighted by Gasteiger charge is -2.18. The maximum Gasteiger partial charge on any atom is 0.313 e. The van der Waals surface area contributed by atoms with Crippen LogP contribution in [0.15, 0.2) is 6.20 Å². The zero-order valence-corrected chi connectivity index (χ0v) is 10.3. The zero-order chi connectivity index (χ0) is 13.3. The van der Waals surface area contributed by atoms with E-state index in [0.717, 1.165) is 4.68 Å². The standard InChI is InChI=1S/C11H16FN3O3/c1-3-18-11(17)8-6(4-13-10(8)16)7-5-14-15(2)9(7)12/h5-6,8,10,13,16H,3-4H2,1-2H3/t6?,8-,10?/m1/s1. The van der Waals surface area contributed by atoms with Crippen LogP contribution < -0.4 is 5.32 Å². The van der Waals surface area contributed by atoms with Crippen LogP contribution in [0.25, 0.3) is 0 Å². The number of rotatable bonds is 3. The fourth-order valence-corrected chi connectivity index (χ4v) is 2.25. The first-order valence-corrected chi connectivity index (χ1v) is 5.81. The number of aromatic nitrogens is 2. The van der Waals surface area contributed by atoms with Gasteiger partial charge in [-0.3, -0.25) is 10.1 Å². The number of nitrogens with one attached hydrogen (secondary N) is 1. The van der Waals surface area contributed by atoms with E-state index in [2.05, 4.69) is 10.4 Å². The molecule has 1 aliphatic heterocycles. The molecule has 1 aromatic rings. The Labute approximate surface area is 104 Å². The molecule has 6 nitrogen and oxygen atoms in total. The summed E-state index contributed by atoms with van der Waals surface area (Å²) in [7, 11) is 1.48. The number of nitrogens with zero attached hydrogens (tertiary/aromatic N) is 2. The minimum Gasteiger partial charge on any atom is -0.466 e. The van der Waals surface area contributed by atoms with Gasteiger partial charge in [-0.05, 0) is 6.92 Å². The third kappa shape index (κ3) is 2.11. The maximum absolute atomic E-state index is 13.8. The summed E-state index contributed by atoms with van der Waals surface area (Å²) in [5.41, 5.74) is 0.319. The Morgan fingerprint density at radius 2 is 2.50 bits per heavy atom. The summed E-state index contributed by atoms with van der Waals surface area (Å²) in [6.07, 6.45) is 0.361. The van der Waals surface area contributed by atoms with Crippen molar-refractivity contribution < 1.29 is 19.0 Å². The Morgan fingerprint density at radius 1 is 1.78 bits per heavy atom. The van der Waals surface area contributed by atoms with E-state index in [1.165, 1.54) is 13.2 Å². The van der Waals surface area contributed by atoms with Crippen molar-refractivity contribution in [1.82, 2.24) is 15.1 Å². The Bertz CT molecular complexity index is 449. The summed E-state index contributed by atoms with van der Waals surface area (Å²) >= 11 is 0. The monoisotopic (exact) mass is 257 g/mol. The highest BCUT2D eigenvalue weighted by Gasteiger charge is 2.43. The molecule has 7 heteroatoms. The van der Waals surface area contributed by atoms with Crippen LogP contribution in [0.2, 0.25) is 0 Å². The van der Waals surface area contributed by atoms with Crippen molar-refractivity contribution in [3.05, 3.63) is 17.7 Å². The van der Waals surface area contributed by atoms with Gasteiger partial charge in [0.1, 0.15) is 12.1 Å². The quantitative estimate of drug-likeness (QED) is 0.730. The lowest BCUT2D eigenvalue weighted by atomic mass is 9.90. The van der Waals surface area contributed by atoms with E-state index in [-0.39, 0.29) is 6.61 Å². The number of esters is 1. The van der Waals surface area contributed by atoms with Gasteiger partial charge in [0.2, 0.25) is 5.95 Å². The summed E-state index contributed by atoms with van der Waals surface area (Å²) in [6.45, 7) is 2.23. The van der Waals surface area contributed by atoms with Crippen LogP contribution in [-0.4, -0.2) is 40.2 Å². The average molecular weight is 257 g/mol. The van der Waals surface area contributed by atoms with E-state index in [1.54, 1.807) is 6.92 Å². The van der Waals surface area contributed by atoms with Crippen LogP contribution in [0.5, 0.6) is 0 Å². The van der Waals surface area contributed by atoms with E-state index in [0.29, 0.717) is 12.1 Å². The van der Waals surface area contributed by atoms with Crippen LogP contribution in [-0.2, 0) is 16.6 Å². The second-order valence-corrected chi connectivity index (χ2v) is 4.25. The van der Waals surface area contributed by atoms with Gasteiger partial charge in [0, 0.05) is 25.1 Å². The lowest BCUT2D eigenvalue weighted by molar-refractivity contribution is -0.151. The molecule has 2 rings (SSSR count). The van der Waals surface area contributed by atoms with Gasteiger partial charge in [-0.1, -0.05) is 0 Å². The van der Waals surface area contributed by atoms with E-state index < -0.39 is 30.0 Å². The number of carbonyl (C=O) groups excluding carboxylic acids is 1. The molecule has 2 N–H and O–H groups in total. The van der Waals surface area contributed by atoms with Gasteiger partial charge >= 0.3 is 5.97 Å². The van der Waals surface area contributed by atoms with Crippen molar-refractivity contribution >= 4 is 5.97 Å². The highest BCUT2D eigenvalue weighted by Crippen LogP contribution is 2.33. The molecule has 1 saturated heterocycles. The van der Waals surface area contributed by atoms with Crippen LogP contribution in [0, 0.1) is 11.9 Å². The minimum absolute atomic E-state index is 0.226. The molecule has 2 heterocycles. The Morgan fingerprint density at radius 3 is 3.06 bits per heavy atom. The van der Waals surface area contributed by atoms with Gasteiger partial charge < -0.3 is 9.84 Å². The Hall–Kier alpha value is -1.47. The van der Waals surface area contributed by atoms with Crippen molar-refractivity contribution in [2.75, 3.05) is 13.2 Å². The Kier molecular flexibility index (Phi) is 3.63. The predicted octanol–water partition coefficient (Wildman–Crippen LogP) is -0.256. The van der Waals surface area contributed by atoms with Gasteiger partial charge in [-0.15, -0.1) is 0 Å². The summed E-state index contributed by atoms with van der Waals surface area (Å²) in [4.78, 5) is 11.8. The summed E-state index contributed by atoms with van der Waals surface area (Å²) in [5.74, 6) is -2.29. The number of carbonyl (C=O) groups is 1. The molecule has 1 aliphatic rings. The molecule has 0 aromatic carbocycles. The summed E-state index contributed by atoms with van der Waals surface area (Å²) in [5, 5.41) is 16.3. The Balaban J connectivity index is 2.26. The molecule has 0 aliphatic carbocycles. The number of hydrogen-bond acceptors (Lipinski definition) is 5. The normalized spacial score (nSPS) is 27.4. The number of aryl methyl sites for hydroxylation is 1.